The number of nitro benzene ring substituents is 1. The molecule has 0 fully saturated rings. The van der Waals surface area contributed by atoms with Gasteiger partial charge in [-0.15, -0.1) is 0 Å². The minimum absolute atomic E-state index is 0.0547. The summed E-state index contributed by atoms with van der Waals surface area (Å²) in [5.41, 5.74) is 0.396. The molecule has 15 heavy (non-hydrogen) atoms. The van der Waals surface area contributed by atoms with Gasteiger partial charge < -0.3 is 5.11 Å². The molecule has 0 radical (unpaired) electrons. The van der Waals surface area contributed by atoms with Gasteiger partial charge in [-0.1, -0.05) is 17.7 Å². The highest BCUT2D eigenvalue weighted by Crippen LogP contribution is 2.25. The van der Waals surface area contributed by atoms with Crippen molar-refractivity contribution >= 4 is 23.3 Å². The molecular formula is C9H8ClNO4. The average Bonchev–Trinajstić information content (AvgIpc) is 2.16. The predicted molar refractivity (Wildman–Crippen MR) is 54.1 cm³/mol. The second-order valence-electron chi connectivity index (χ2n) is 2.94. The summed E-state index contributed by atoms with van der Waals surface area (Å²) in [6.07, 6.45) is 0.201. The van der Waals surface area contributed by atoms with Crippen molar-refractivity contribution in [1.82, 2.24) is 0 Å². The van der Waals surface area contributed by atoms with Crippen LogP contribution >= 0.6 is 11.6 Å². The van der Waals surface area contributed by atoms with E-state index in [9.17, 15) is 14.9 Å². The van der Waals surface area contributed by atoms with E-state index in [-0.39, 0.29) is 23.6 Å². The molecule has 80 valence electrons. The number of benzene rings is 1. The van der Waals surface area contributed by atoms with Crippen LogP contribution in [-0.2, 0) is 11.2 Å². The normalized spacial score (nSPS) is 9.93. The molecule has 0 amide bonds. The van der Waals surface area contributed by atoms with E-state index >= 15 is 0 Å². The Morgan fingerprint density at radius 1 is 1.53 bits per heavy atom. The highest BCUT2D eigenvalue weighted by atomic mass is 35.5. The lowest BCUT2D eigenvalue weighted by molar-refractivity contribution is -0.384. The first-order chi connectivity index (χ1) is 7.00. The van der Waals surface area contributed by atoms with Gasteiger partial charge in [0.15, 0.2) is 0 Å². The predicted octanol–water partition coefficient (Wildman–Crippen LogP) is 2.27. The van der Waals surface area contributed by atoms with Gasteiger partial charge in [0.1, 0.15) is 5.02 Å². The van der Waals surface area contributed by atoms with Gasteiger partial charge in [-0.2, -0.15) is 0 Å². The summed E-state index contributed by atoms with van der Waals surface area (Å²) in [6.45, 7) is 0. The Hall–Kier alpha value is -1.62. The Balaban J connectivity index is 2.87. The molecule has 0 saturated carbocycles. The van der Waals surface area contributed by atoms with Crippen LogP contribution < -0.4 is 0 Å². The monoisotopic (exact) mass is 229 g/mol. The molecule has 0 aliphatic heterocycles. The van der Waals surface area contributed by atoms with Crippen LogP contribution in [0.15, 0.2) is 18.2 Å². The number of nitro groups is 1. The Kier molecular flexibility index (Phi) is 3.62. The van der Waals surface area contributed by atoms with E-state index in [0.29, 0.717) is 5.56 Å². The number of carboxylic acid groups (broad SMARTS) is 1. The van der Waals surface area contributed by atoms with Gasteiger partial charge in [-0.05, 0) is 18.1 Å². The van der Waals surface area contributed by atoms with E-state index < -0.39 is 10.9 Å². The molecule has 0 spiro atoms. The summed E-state index contributed by atoms with van der Waals surface area (Å²) < 4.78 is 0. The van der Waals surface area contributed by atoms with Crippen LogP contribution in [0, 0.1) is 10.1 Å². The van der Waals surface area contributed by atoms with Gasteiger partial charge >= 0.3 is 5.97 Å². The number of hydrogen-bond acceptors (Lipinski definition) is 3. The second kappa shape index (κ2) is 4.75. The van der Waals surface area contributed by atoms with Crippen molar-refractivity contribution in [3.8, 4) is 0 Å². The maximum atomic E-state index is 10.5. The third-order valence-corrected chi connectivity index (χ3v) is 2.15. The SMILES string of the molecule is O=C(O)CCc1ccc(Cl)c([N+](=O)[O-])c1. The topological polar surface area (TPSA) is 80.4 Å². The summed E-state index contributed by atoms with van der Waals surface area (Å²) in [5, 5.41) is 19.0. The first kappa shape index (κ1) is 11.5. The maximum absolute atomic E-state index is 10.5. The van der Waals surface area contributed by atoms with Crippen LogP contribution in [0.1, 0.15) is 12.0 Å². The molecule has 6 heteroatoms. The van der Waals surface area contributed by atoms with Crippen molar-refractivity contribution in [2.24, 2.45) is 0 Å². The molecule has 5 nitrogen and oxygen atoms in total. The quantitative estimate of drug-likeness (QED) is 0.634. The fraction of sp³-hybridized carbons (Fsp3) is 0.222. The fourth-order valence-corrected chi connectivity index (χ4v) is 1.29. The minimum atomic E-state index is -0.937. The molecular weight excluding hydrogens is 222 g/mol. The van der Waals surface area contributed by atoms with Crippen LogP contribution in [0.3, 0.4) is 0 Å². The van der Waals surface area contributed by atoms with Crippen molar-refractivity contribution < 1.29 is 14.8 Å². The first-order valence-electron chi connectivity index (χ1n) is 4.15. The van der Waals surface area contributed by atoms with Gasteiger partial charge in [0, 0.05) is 12.5 Å². The van der Waals surface area contributed by atoms with E-state index in [1.165, 1.54) is 12.1 Å². The van der Waals surface area contributed by atoms with Crippen LogP contribution in [0.4, 0.5) is 5.69 Å². The first-order valence-corrected chi connectivity index (χ1v) is 4.53. The molecule has 1 N–H and O–H groups in total. The van der Waals surface area contributed by atoms with Gasteiger partial charge in [-0.3, -0.25) is 14.9 Å². The van der Waals surface area contributed by atoms with Crippen LogP contribution in [0.2, 0.25) is 5.02 Å². The van der Waals surface area contributed by atoms with Gasteiger partial charge in [0.25, 0.3) is 5.69 Å². The number of carbonyl (C=O) groups is 1. The lowest BCUT2D eigenvalue weighted by atomic mass is 10.1. The number of rotatable bonds is 4. The van der Waals surface area contributed by atoms with Crippen LogP contribution in [-0.4, -0.2) is 16.0 Å². The summed E-state index contributed by atoms with van der Waals surface area (Å²) in [7, 11) is 0. The zero-order valence-electron chi connectivity index (χ0n) is 7.64. The number of aliphatic carboxylic acids is 1. The third-order valence-electron chi connectivity index (χ3n) is 1.83. The number of halogens is 1. The number of carboxylic acids is 1. The van der Waals surface area contributed by atoms with E-state index in [1.807, 2.05) is 0 Å². The fourth-order valence-electron chi connectivity index (χ4n) is 1.10. The summed E-state index contributed by atoms with van der Waals surface area (Å²) in [5.74, 6) is -0.937. The highest BCUT2D eigenvalue weighted by molar-refractivity contribution is 6.32. The average molecular weight is 230 g/mol. The molecule has 0 unspecified atom stereocenters. The molecule has 1 aromatic carbocycles. The Morgan fingerprint density at radius 3 is 2.73 bits per heavy atom. The van der Waals surface area contributed by atoms with Gasteiger partial charge in [0.05, 0.1) is 4.92 Å². The molecule has 1 rings (SSSR count). The Labute approximate surface area is 90.4 Å². The van der Waals surface area contributed by atoms with Crippen LogP contribution in [0.25, 0.3) is 0 Å². The molecule has 0 bridgehead atoms. The number of hydrogen-bond donors (Lipinski definition) is 1. The zero-order chi connectivity index (χ0) is 11.4. The van der Waals surface area contributed by atoms with Crippen molar-refractivity contribution in [2.75, 3.05) is 0 Å². The highest BCUT2D eigenvalue weighted by Gasteiger charge is 2.12. The number of nitrogens with zero attached hydrogens (tertiary/aromatic N) is 1. The molecule has 0 heterocycles. The van der Waals surface area contributed by atoms with E-state index in [0.717, 1.165) is 0 Å². The Morgan fingerprint density at radius 2 is 2.20 bits per heavy atom. The zero-order valence-corrected chi connectivity index (χ0v) is 8.40. The second-order valence-corrected chi connectivity index (χ2v) is 3.34. The largest absolute Gasteiger partial charge is 0.481 e. The van der Waals surface area contributed by atoms with Crippen LogP contribution in [0.5, 0.6) is 0 Å². The summed E-state index contributed by atoms with van der Waals surface area (Å²) in [6, 6.07) is 4.28. The van der Waals surface area contributed by atoms with Gasteiger partial charge in [0.2, 0.25) is 0 Å². The van der Waals surface area contributed by atoms with E-state index in [1.54, 1.807) is 6.07 Å². The summed E-state index contributed by atoms with van der Waals surface area (Å²) >= 11 is 5.60. The van der Waals surface area contributed by atoms with E-state index in [2.05, 4.69) is 0 Å². The molecule has 1 aromatic rings. The summed E-state index contributed by atoms with van der Waals surface area (Å²) in [4.78, 5) is 20.2. The van der Waals surface area contributed by atoms with E-state index in [4.69, 9.17) is 16.7 Å². The molecule has 0 atom stereocenters. The molecule has 0 saturated heterocycles. The maximum Gasteiger partial charge on any atom is 0.303 e. The Bertz CT molecular complexity index is 405. The lowest BCUT2D eigenvalue weighted by Gasteiger charge is -2.00. The molecule has 0 aliphatic carbocycles. The van der Waals surface area contributed by atoms with Crippen molar-refractivity contribution in [3.63, 3.8) is 0 Å². The standard InChI is InChI=1S/C9H8ClNO4/c10-7-3-1-6(2-4-9(12)13)5-8(7)11(14)15/h1,3,5H,2,4H2,(H,12,13). The molecule has 0 aromatic heterocycles. The van der Waals surface area contributed by atoms with Gasteiger partial charge in [-0.25, -0.2) is 0 Å². The van der Waals surface area contributed by atoms with Crippen molar-refractivity contribution in [1.29, 1.82) is 0 Å². The minimum Gasteiger partial charge on any atom is -0.481 e. The van der Waals surface area contributed by atoms with Crippen molar-refractivity contribution in [3.05, 3.63) is 38.9 Å². The smallest absolute Gasteiger partial charge is 0.303 e. The third kappa shape index (κ3) is 3.21. The molecule has 0 aliphatic rings. The lowest BCUT2D eigenvalue weighted by Crippen LogP contribution is -1.98. The number of aryl methyl sites for hydroxylation is 1. The van der Waals surface area contributed by atoms with Crippen molar-refractivity contribution in [2.45, 2.75) is 12.8 Å².